The fourth-order valence-corrected chi connectivity index (χ4v) is 5.43. The van der Waals surface area contributed by atoms with E-state index in [1.165, 1.54) is 66.6 Å². The quantitative estimate of drug-likeness (QED) is 0.400. The van der Waals surface area contributed by atoms with Gasteiger partial charge in [-0.1, -0.05) is 6.42 Å². The number of hydrogen-bond donors (Lipinski definition) is 3. The van der Waals surface area contributed by atoms with Crippen LogP contribution in [-0.2, 0) is 38.5 Å². The first-order valence-corrected chi connectivity index (χ1v) is 13.2. The Hall–Kier alpha value is -3.36. The van der Waals surface area contributed by atoms with Gasteiger partial charge in [-0.25, -0.2) is 29.9 Å². The predicted molar refractivity (Wildman–Crippen MR) is 143 cm³/mol. The Morgan fingerprint density at radius 1 is 0.389 bits per heavy atom. The summed E-state index contributed by atoms with van der Waals surface area (Å²) in [6, 6.07) is 0. The number of anilines is 3. The summed E-state index contributed by atoms with van der Waals surface area (Å²) in [5.41, 5.74) is 27.4. The van der Waals surface area contributed by atoms with Gasteiger partial charge in [-0.05, 0) is 108 Å². The molecule has 192 valence electrons. The van der Waals surface area contributed by atoms with Gasteiger partial charge in [0.1, 0.15) is 0 Å². The zero-order valence-electron chi connectivity index (χ0n) is 21.9. The van der Waals surface area contributed by atoms with E-state index < -0.39 is 0 Å². The Balaban J connectivity index is 0.000000127. The van der Waals surface area contributed by atoms with Gasteiger partial charge in [-0.3, -0.25) is 0 Å². The average Bonchev–Trinajstić information content (AvgIpc) is 3.17. The van der Waals surface area contributed by atoms with E-state index in [-0.39, 0.29) is 0 Å². The number of hydrogen-bond acceptors (Lipinski definition) is 9. The minimum Gasteiger partial charge on any atom is -0.368 e. The Morgan fingerprint density at radius 2 is 0.694 bits per heavy atom. The second kappa shape index (κ2) is 11.6. The molecule has 0 radical (unpaired) electrons. The van der Waals surface area contributed by atoms with Crippen LogP contribution in [0.15, 0.2) is 0 Å². The maximum absolute atomic E-state index is 5.61. The number of nitrogens with zero attached hydrogens (tertiary/aromatic N) is 6. The summed E-state index contributed by atoms with van der Waals surface area (Å²) in [4.78, 5) is 25.2. The highest BCUT2D eigenvalue weighted by molar-refractivity contribution is 5.35. The molecule has 3 aliphatic rings. The van der Waals surface area contributed by atoms with E-state index in [4.69, 9.17) is 17.2 Å². The highest BCUT2D eigenvalue weighted by Crippen LogP contribution is 2.23. The Bertz CT molecular complexity index is 1220. The highest BCUT2D eigenvalue weighted by Gasteiger charge is 2.16. The zero-order chi connectivity index (χ0) is 25.7. The number of nitrogens with two attached hydrogens (primary N) is 3. The van der Waals surface area contributed by atoms with Crippen LogP contribution in [0, 0.1) is 20.8 Å². The summed E-state index contributed by atoms with van der Waals surface area (Å²) in [5, 5.41) is 0. The van der Waals surface area contributed by atoms with Gasteiger partial charge >= 0.3 is 0 Å². The van der Waals surface area contributed by atoms with Crippen LogP contribution in [0.25, 0.3) is 0 Å². The highest BCUT2D eigenvalue weighted by atomic mass is 15.0. The van der Waals surface area contributed by atoms with Gasteiger partial charge in [0.2, 0.25) is 17.8 Å². The molecule has 0 aromatic carbocycles. The minimum absolute atomic E-state index is 0.420. The van der Waals surface area contributed by atoms with E-state index in [1.54, 1.807) is 0 Å². The average molecular weight is 490 g/mol. The molecule has 0 bridgehead atoms. The molecule has 0 atom stereocenters. The fourth-order valence-electron chi connectivity index (χ4n) is 5.43. The summed E-state index contributed by atoms with van der Waals surface area (Å²) in [6.45, 7) is 6.05. The van der Waals surface area contributed by atoms with Gasteiger partial charge in [-0.2, -0.15) is 0 Å². The van der Waals surface area contributed by atoms with Crippen LogP contribution >= 0.6 is 0 Å². The summed E-state index contributed by atoms with van der Waals surface area (Å²) >= 11 is 0. The third-order valence-electron chi connectivity index (χ3n) is 7.22. The van der Waals surface area contributed by atoms with Crippen molar-refractivity contribution < 1.29 is 0 Å². The first-order valence-electron chi connectivity index (χ1n) is 13.2. The van der Waals surface area contributed by atoms with Crippen LogP contribution in [0.4, 0.5) is 17.8 Å². The maximum Gasteiger partial charge on any atom is 0.220 e. The molecule has 0 aliphatic heterocycles. The second-order valence-corrected chi connectivity index (χ2v) is 9.90. The fraction of sp³-hybridized carbons (Fsp3) is 0.556. The molecule has 9 nitrogen and oxygen atoms in total. The van der Waals surface area contributed by atoms with Crippen LogP contribution in [-0.4, -0.2) is 29.9 Å². The molecule has 0 amide bonds. The molecule has 0 saturated carbocycles. The van der Waals surface area contributed by atoms with E-state index >= 15 is 0 Å². The van der Waals surface area contributed by atoms with Crippen LogP contribution in [0.5, 0.6) is 0 Å². The molecule has 3 heterocycles. The lowest BCUT2D eigenvalue weighted by Crippen LogP contribution is -2.11. The number of rotatable bonds is 0. The Kier molecular flexibility index (Phi) is 8.28. The van der Waals surface area contributed by atoms with E-state index in [0.29, 0.717) is 17.8 Å². The van der Waals surface area contributed by atoms with Gasteiger partial charge in [-0.15, -0.1) is 0 Å². The monoisotopic (exact) mass is 489 g/mol. The molecule has 3 aromatic heterocycles. The second-order valence-electron chi connectivity index (χ2n) is 9.90. The lowest BCUT2D eigenvalue weighted by atomic mass is 9.95. The van der Waals surface area contributed by atoms with Crippen molar-refractivity contribution in [1.29, 1.82) is 0 Å². The smallest absolute Gasteiger partial charge is 0.220 e. The molecule has 3 aliphatic carbocycles. The summed E-state index contributed by atoms with van der Waals surface area (Å²) in [6.07, 6.45) is 14.1. The van der Waals surface area contributed by atoms with Crippen LogP contribution in [0.2, 0.25) is 0 Å². The molecule has 3 aromatic rings. The molecule has 0 fully saturated rings. The number of aryl methyl sites for hydroxylation is 6. The number of aromatic nitrogens is 6. The summed E-state index contributed by atoms with van der Waals surface area (Å²) < 4.78 is 0. The van der Waals surface area contributed by atoms with Crippen molar-refractivity contribution >= 4 is 17.8 Å². The SMILES string of the molecule is Cc1nc(N)nc2c1CCC2.Cc1nc(N)nc2c1CCCC2.Cc1nc(N)nc2c1CCCCC2. The van der Waals surface area contributed by atoms with Crippen LogP contribution in [0.1, 0.15) is 89.4 Å². The van der Waals surface area contributed by atoms with E-state index in [1.807, 2.05) is 20.8 Å². The van der Waals surface area contributed by atoms with Crippen molar-refractivity contribution in [3.8, 4) is 0 Å². The van der Waals surface area contributed by atoms with Gasteiger partial charge in [0.15, 0.2) is 0 Å². The molecule has 9 heteroatoms. The summed E-state index contributed by atoms with van der Waals surface area (Å²) in [7, 11) is 0. The molecule has 0 spiro atoms. The topological polar surface area (TPSA) is 155 Å². The van der Waals surface area contributed by atoms with Gasteiger partial charge < -0.3 is 17.2 Å². The van der Waals surface area contributed by atoms with E-state index in [0.717, 1.165) is 61.3 Å². The molecule has 36 heavy (non-hydrogen) atoms. The predicted octanol–water partition coefficient (Wildman–Crippen LogP) is 3.74. The Morgan fingerprint density at radius 3 is 1.14 bits per heavy atom. The van der Waals surface area contributed by atoms with E-state index in [2.05, 4.69) is 29.9 Å². The number of fused-ring (bicyclic) bond motifs is 3. The lowest BCUT2D eigenvalue weighted by Gasteiger charge is -2.16. The third kappa shape index (κ3) is 6.25. The molecular weight excluding hydrogens is 450 g/mol. The first-order chi connectivity index (χ1) is 17.3. The molecular formula is C27H39N9. The standard InChI is InChI=1S/C10H15N3.C9H13N3.C8H11N3/c1-7-8-5-3-2-4-6-9(8)13-10(11)12-7;1-6-7-4-2-3-5-8(7)12-9(10)11-6;1-5-6-3-2-4-7(6)11-8(9)10-5/h2-6H2,1H3,(H2,11,12,13);2-5H2,1H3,(H2,10,11,12);2-4H2,1H3,(H2,9,10,11). The minimum atomic E-state index is 0.420. The maximum atomic E-state index is 5.61. The van der Waals surface area contributed by atoms with Crippen molar-refractivity contribution in [2.24, 2.45) is 0 Å². The molecule has 0 unspecified atom stereocenters. The van der Waals surface area contributed by atoms with Crippen molar-refractivity contribution in [2.45, 2.75) is 97.8 Å². The largest absolute Gasteiger partial charge is 0.368 e. The third-order valence-corrected chi connectivity index (χ3v) is 7.22. The van der Waals surface area contributed by atoms with Gasteiger partial charge in [0.25, 0.3) is 0 Å². The van der Waals surface area contributed by atoms with Crippen molar-refractivity contribution in [3.05, 3.63) is 50.9 Å². The van der Waals surface area contributed by atoms with E-state index in [9.17, 15) is 0 Å². The number of nitrogen functional groups attached to an aromatic ring is 3. The van der Waals surface area contributed by atoms with Crippen LogP contribution in [0.3, 0.4) is 0 Å². The molecule has 6 N–H and O–H groups in total. The molecule has 0 saturated heterocycles. The normalized spacial score (nSPS) is 15.8. The summed E-state index contributed by atoms with van der Waals surface area (Å²) in [5.74, 6) is 1.27. The van der Waals surface area contributed by atoms with Gasteiger partial charge in [0, 0.05) is 34.2 Å². The lowest BCUT2D eigenvalue weighted by molar-refractivity contribution is 0.658. The van der Waals surface area contributed by atoms with Crippen molar-refractivity contribution in [3.63, 3.8) is 0 Å². The Labute approximate surface area is 213 Å². The molecule has 6 rings (SSSR count). The van der Waals surface area contributed by atoms with Crippen molar-refractivity contribution in [2.75, 3.05) is 17.2 Å². The zero-order valence-corrected chi connectivity index (χ0v) is 21.9. The van der Waals surface area contributed by atoms with Crippen molar-refractivity contribution in [1.82, 2.24) is 29.9 Å². The first kappa shape index (κ1) is 25.7. The van der Waals surface area contributed by atoms with Gasteiger partial charge in [0.05, 0.1) is 0 Å². The van der Waals surface area contributed by atoms with Crippen LogP contribution < -0.4 is 17.2 Å².